The van der Waals surface area contributed by atoms with Gasteiger partial charge in [-0.2, -0.15) is 0 Å². The van der Waals surface area contributed by atoms with Crippen molar-refractivity contribution in [2.45, 2.75) is 58.7 Å². The lowest BCUT2D eigenvalue weighted by Gasteiger charge is -2.23. The van der Waals surface area contributed by atoms with E-state index in [0.717, 1.165) is 36.4 Å². The first-order valence-electron chi connectivity index (χ1n) is 8.02. The van der Waals surface area contributed by atoms with Crippen LogP contribution in [0.2, 0.25) is 0 Å². The maximum atomic E-state index is 6.25. The fourth-order valence-electron chi connectivity index (χ4n) is 2.45. The molecule has 0 saturated heterocycles. The normalized spacial score (nSPS) is 18.0. The lowest BCUT2D eigenvalue weighted by molar-refractivity contribution is 0.211. The molecule has 21 heavy (non-hydrogen) atoms. The molecule has 0 fully saturated rings. The monoisotopic (exact) mass is 289 g/mol. The van der Waals surface area contributed by atoms with E-state index in [1.54, 1.807) is 0 Å². The summed E-state index contributed by atoms with van der Waals surface area (Å²) in [6.07, 6.45) is 7.98. The maximum Gasteiger partial charge on any atom is 0.166 e. The molecule has 0 bridgehead atoms. The van der Waals surface area contributed by atoms with Crippen molar-refractivity contribution in [3.63, 3.8) is 0 Å². The van der Waals surface area contributed by atoms with E-state index in [0.29, 0.717) is 12.6 Å². The number of rotatable bonds is 7. The molecule has 0 aliphatic heterocycles. The molecule has 3 heteroatoms. The molecule has 0 aromatic heterocycles. The molecule has 0 heterocycles. The second-order valence-electron chi connectivity index (χ2n) is 5.73. The van der Waals surface area contributed by atoms with Crippen molar-refractivity contribution in [3.8, 4) is 11.5 Å². The Balaban J connectivity index is 2.19. The van der Waals surface area contributed by atoms with E-state index < -0.39 is 0 Å². The molecule has 3 nitrogen and oxygen atoms in total. The summed E-state index contributed by atoms with van der Waals surface area (Å²) in [5.74, 6) is 1.74. The zero-order valence-corrected chi connectivity index (χ0v) is 13.4. The molecule has 0 spiro atoms. The number of benzene rings is 1. The Morgan fingerprint density at radius 1 is 1.33 bits per heavy atom. The third-order valence-corrected chi connectivity index (χ3v) is 3.54. The molecular formula is C18H27NO2. The van der Waals surface area contributed by atoms with Gasteiger partial charge in [-0.05, 0) is 38.3 Å². The molecule has 0 amide bonds. The maximum absolute atomic E-state index is 6.25. The first-order chi connectivity index (χ1) is 10.2. The highest BCUT2D eigenvalue weighted by Gasteiger charge is 2.16. The number of allylic oxidation sites excluding steroid dienone is 1. The van der Waals surface area contributed by atoms with Gasteiger partial charge in [0, 0.05) is 18.2 Å². The van der Waals surface area contributed by atoms with Gasteiger partial charge in [-0.15, -0.1) is 0 Å². The van der Waals surface area contributed by atoms with E-state index in [4.69, 9.17) is 9.47 Å². The largest absolute Gasteiger partial charge is 0.490 e. The van der Waals surface area contributed by atoms with Crippen LogP contribution < -0.4 is 14.8 Å². The summed E-state index contributed by atoms with van der Waals surface area (Å²) in [5.41, 5.74) is 1.16. The zero-order valence-electron chi connectivity index (χ0n) is 13.4. The minimum absolute atomic E-state index is 0.165. The van der Waals surface area contributed by atoms with Gasteiger partial charge in [0.15, 0.2) is 11.5 Å². The minimum atomic E-state index is 0.165. The Morgan fingerprint density at radius 3 is 2.86 bits per heavy atom. The van der Waals surface area contributed by atoms with Gasteiger partial charge in [0.2, 0.25) is 0 Å². The van der Waals surface area contributed by atoms with Crippen molar-refractivity contribution in [1.82, 2.24) is 5.32 Å². The molecule has 1 aromatic rings. The van der Waals surface area contributed by atoms with Crippen molar-refractivity contribution >= 4 is 0 Å². The fourth-order valence-corrected chi connectivity index (χ4v) is 2.45. The summed E-state index contributed by atoms with van der Waals surface area (Å²) in [6, 6.07) is 6.58. The summed E-state index contributed by atoms with van der Waals surface area (Å²) < 4.78 is 12.0. The average molecular weight is 289 g/mol. The van der Waals surface area contributed by atoms with Crippen LogP contribution in [0.15, 0.2) is 30.4 Å². The first-order valence-corrected chi connectivity index (χ1v) is 8.02. The Kier molecular flexibility index (Phi) is 6.12. The smallest absolute Gasteiger partial charge is 0.166 e. The van der Waals surface area contributed by atoms with Gasteiger partial charge in [-0.1, -0.05) is 32.1 Å². The van der Waals surface area contributed by atoms with Gasteiger partial charge < -0.3 is 14.8 Å². The van der Waals surface area contributed by atoms with E-state index in [-0.39, 0.29) is 6.10 Å². The predicted octanol–water partition coefficient (Wildman–Crippen LogP) is 4.07. The highest BCUT2D eigenvalue weighted by atomic mass is 16.5. The van der Waals surface area contributed by atoms with Crippen molar-refractivity contribution < 1.29 is 9.47 Å². The summed E-state index contributed by atoms with van der Waals surface area (Å²) in [4.78, 5) is 0. The van der Waals surface area contributed by atoms with Crippen LogP contribution in [-0.2, 0) is 6.54 Å². The lowest BCUT2D eigenvalue weighted by atomic mass is 10.0. The van der Waals surface area contributed by atoms with Gasteiger partial charge in [-0.25, -0.2) is 0 Å². The molecule has 1 aliphatic rings. The number of para-hydroxylation sites is 1. The average Bonchev–Trinajstić information content (AvgIpc) is 2.49. The van der Waals surface area contributed by atoms with Crippen molar-refractivity contribution in [1.29, 1.82) is 0 Å². The first kappa shape index (κ1) is 15.9. The molecule has 1 aliphatic carbocycles. The lowest BCUT2D eigenvalue weighted by Crippen LogP contribution is -2.23. The number of hydrogen-bond acceptors (Lipinski definition) is 3. The van der Waals surface area contributed by atoms with Crippen LogP contribution in [0, 0.1) is 0 Å². The van der Waals surface area contributed by atoms with Crippen molar-refractivity contribution in [2.75, 3.05) is 6.61 Å². The van der Waals surface area contributed by atoms with E-state index in [1.165, 1.54) is 6.42 Å². The summed E-state index contributed by atoms with van der Waals surface area (Å²) in [5, 5.41) is 3.46. The molecule has 1 N–H and O–H groups in total. The van der Waals surface area contributed by atoms with Crippen LogP contribution in [0.3, 0.4) is 0 Å². The van der Waals surface area contributed by atoms with Gasteiger partial charge in [-0.3, -0.25) is 0 Å². The standard InChI is InChI=1S/C18H27NO2/c1-4-20-17-12-8-9-15(13-19-14(2)3)18(17)21-16-10-6-5-7-11-16/h6,8-10,12,14,16,19H,4-5,7,11,13H2,1-3H3. The molecule has 1 aromatic carbocycles. The molecular weight excluding hydrogens is 262 g/mol. The van der Waals surface area contributed by atoms with Crippen LogP contribution in [0.5, 0.6) is 11.5 Å². The Hall–Kier alpha value is -1.48. The Bertz CT molecular complexity index is 468. The van der Waals surface area contributed by atoms with Crippen LogP contribution in [0.4, 0.5) is 0 Å². The van der Waals surface area contributed by atoms with Crippen LogP contribution in [0.1, 0.15) is 45.6 Å². The van der Waals surface area contributed by atoms with Gasteiger partial charge >= 0.3 is 0 Å². The minimum Gasteiger partial charge on any atom is -0.490 e. The topological polar surface area (TPSA) is 30.5 Å². The third kappa shape index (κ3) is 4.78. The quantitative estimate of drug-likeness (QED) is 0.768. The highest BCUT2D eigenvalue weighted by Crippen LogP contribution is 2.33. The van der Waals surface area contributed by atoms with Crippen molar-refractivity contribution in [2.24, 2.45) is 0 Å². The van der Waals surface area contributed by atoms with E-state index >= 15 is 0 Å². The Labute approximate surface area is 128 Å². The van der Waals surface area contributed by atoms with Crippen LogP contribution >= 0.6 is 0 Å². The summed E-state index contributed by atoms with van der Waals surface area (Å²) in [6.45, 7) is 7.75. The second kappa shape index (κ2) is 8.08. The molecule has 0 saturated carbocycles. The Morgan fingerprint density at radius 2 is 2.19 bits per heavy atom. The second-order valence-corrected chi connectivity index (χ2v) is 5.73. The number of ether oxygens (including phenoxy) is 2. The summed E-state index contributed by atoms with van der Waals surface area (Å²) in [7, 11) is 0. The number of nitrogens with one attached hydrogen (secondary N) is 1. The van der Waals surface area contributed by atoms with Crippen LogP contribution in [-0.4, -0.2) is 18.8 Å². The van der Waals surface area contributed by atoms with Gasteiger partial charge in [0.05, 0.1) is 6.61 Å². The molecule has 1 unspecified atom stereocenters. The van der Waals surface area contributed by atoms with E-state index in [1.807, 2.05) is 19.1 Å². The fraction of sp³-hybridized carbons (Fsp3) is 0.556. The van der Waals surface area contributed by atoms with E-state index in [9.17, 15) is 0 Å². The number of hydrogen-bond donors (Lipinski definition) is 1. The molecule has 0 radical (unpaired) electrons. The third-order valence-electron chi connectivity index (χ3n) is 3.54. The summed E-state index contributed by atoms with van der Waals surface area (Å²) >= 11 is 0. The van der Waals surface area contributed by atoms with Gasteiger partial charge in [0.1, 0.15) is 6.10 Å². The van der Waals surface area contributed by atoms with Crippen LogP contribution in [0.25, 0.3) is 0 Å². The van der Waals surface area contributed by atoms with Gasteiger partial charge in [0.25, 0.3) is 0 Å². The predicted molar refractivity (Wildman–Crippen MR) is 87.0 cm³/mol. The molecule has 2 rings (SSSR count). The van der Waals surface area contributed by atoms with E-state index in [2.05, 4.69) is 37.4 Å². The highest BCUT2D eigenvalue weighted by molar-refractivity contribution is 5.47. The zero-order chi connectivity index (χ0) is 15.1. The molecule has 1 atom stereocenters. The molecule has 116 valence electrons. The van der Waals surface area contributed by atoms with Crippen molar-refractivity contribution in [3.05, 3.63) is 35.9 Å². The SMILES string of the molecule is CCOc1cccc(CNC(C)C)c1OC1C=CCCC1.